The van der Waals surface area contributed by atoms with Gasteiger partial charge in [-0.15, -0.1) is 0 Å². The first-order chi connectivity index (χ1) is 11.5. The molecule has 0 unspecified atom stereocenters. The van der Waals surface area contributed by atoms with Crippen molar-refractivity contribution >= 4 is 11.9 Å². The minimum Gasteiger partial charge on any atom is -0.460 e. The van der Waals surface area contributed by atoms with Crippen molar-refractivity contribution in [3.05, 3.63) is 70.8 Å². The number of carbonyl (C=O) groups excluding carboxylic acids is 2. The minimum atomic E-state index is -0.364. The van der Waals surface area contributed by atoms with Crippen LogP contribution in [0.25, 0.3) is 0 Å². The smallest absolute Gasteiger partial charge is 0.338 e. The lowest BCUT2D eigenvalue weighted by Crippen LogP contribution is -2.38. The molecule has 0 radical (unpaired) electrons. The van der Waals surface area contributed by atoms with Gasteiger partial charge >= 0.3 is 5.97 Å². The molecule has 4 heteroatoms. The highest BCUT2D eigenvalue weighted by atomic mass is 16.5. The zero-order valence-corrected chi connectivity index (χ0v) is 14.3. The number of benzene rings is 2. The first-order valence-electron chi connectivity index (χ1n) is 8.12. The fourth-order valence-electron chi connectivity index (χ4n) is 2.41. The third kappa shape index (κ3) is 4.44. The van der Waals surface area contributed by atoms with Gasteiger partial charge in [-0.05, 0) is 43.5 Å². The molecule has 0 heterocycles. The molecule has 0 bridgehead atoms. The number of carbonyl (C=O) groups is 2. The molecule has 0 saturated carbocycles. The first-order valence-corrected chi connectivity index (χ1v) is 8.12. The summed E-state index contributed by atoms with van der Waals surface area (Å²) in [7, 11) is 0. The minimum absolute atomic E-state index is 0.146. The number of hydrogen-bond donors (Lipinski definition) is 1. The molecule has 0 fully saturated rings. The second-order valence-electron chi connectivity index (χ2n) is 5.81. The Labute approximate surface area is 142 Å². The highest BCUT2D eigenvalue weighted by Gasteiger charge is 2.17. The van der Waals surface area contributed by atoms with Crippen LogP contribution in [0.2, 0.25) is 0 Å². The average molecular weight is 325 g/mol. The summed E-state index contributed by atoms with van der Waals surface area (Å²) < 4.78 is 5.38. The van der Waals surface area contributed by atoms with Gasteiger partial charge in [-0.3, -0.25) is 4.79 Å². The van der Waals surface area contributed by atoms with E-state index in [1.165, 1.54) is 0 Å². The zero-order chi connectivity index (χ0) is 17.5. The van der Waals surface area contributed by atoms with E-state index in [0.717, 1.165) is 11.1 Å². The van der Waals surface area contributed by atoms with Crippen molar-refractivity contribution in [1.82, 2.24) is 5.32 Å². The summed E-state index contributed by atoms with van der Waals surface area (Å²) in [5.41, 5.74) is 2.99. The van der Waals surface area contributed by atoms with Crippen LogP contribution in [-0.4, -0.2) is 24.5 Å². The van der Waals surface area contributed by atoms with Gasteiger partial charge in [0.25, 0.3) is 5.91 Å². The molecule has 126 valence electrons. The summed E-state index contributed by atoms with van der Waals surface area (Å²) in [6.07, 6.45) is 0.679. The number of ether oxygens (including phenoxy) is 1. The Balaban J connectivity index is 1.95. The van der Waals surface area contributed by atoms with Gasteiger partial charge in [0.15, 0.2) is 0 Å². The molecule has 0 spiro atoms. The Morgan fingerprint density at radius 2 is 1.50 bits per heavy atom. The lowest BCUT2D eigenvalue weighted by molar-refractivity contribution is 0.0453. The van der Waals surface area contributed by atoms with Crippen LogP contribution >= 0.6 is 0 Å². The maximum absolute atomic E-state index is 12.4. The lowest BCUT2D eigenvalue weighted by Gasteiger charge is -2.18. The molecule has 0 aliphatic carbocycles. The van der Waals surface area contributed by atoms with E-state index < -0.39 is 0 Å². The van der Waals surface area contributed by atoms with E-state index in [1.807, 2.05) is 51.1 Å². The summed E-state index contributed by atoms with van der Waals surface area (Å²) in [5.74, 6) is -0.511. The Morgan fingerprint density at radius 3 is 2.04 bits per heavy atom. The Hall–Kier alpha value is -2.62. The number of hydrogen-bond acceptors (Lipinski definition) is 3. The van der Waals surface area contributed by atoms with Crippen molar-refractivity contribution in [2.24, 2.45) is 0 Å². The Morgan fingerprint density at radius 1 is 0.958 bits per heavy atom. The van der Waals surface area contributed by atoms with Gasteiger partial charge < -0.3 is 10.1 Å². The summed E-state index contributed by atoms with van der Waals surface area (Å²) in [4.78, 5) is 24.5. The Bertz CT molecular complexity index is 724. The molecule has 1 N–H and O–H groups in total. The van der Waals surface area contributed by atoms with Crippen molar-refractivity contribution in [2.45, 2.75) is 33.2 Å². The second-order valence-corrected chi connectivity index (χ2v) is 5.81. The molecule has 0 aliphatic rings. The molecule has 1 amide bonds. The number of rotatable bonds is 6. The molecule has 2 aromatic rings. The SMILES string of the molecule is CC[C@H](COC(=O)c1ccccc1C)NC(=O)c1ccccc1C. The van der Waals surface area contributed by atoms with Crippen molar-refractivity contribution in [3.8, 4) is 0 Å². The topological polar surface area (TPSA) is 55.4 Å². The fraction of sp³-hybridized carbons (Fsp3) is 0.300. The number of nitrogens with one attached hydrogen (secondary N) is 1. The monoisotopic (exact) mass is 325 g/mol. The largest absolute Gasteiger partial charge is 0.460 e. The molecule has 2 rings (SSSR count). The van der Waals surface area contributed by atoms with E-state index in [4.69, 9.17) is 4.74 Å². The quantitative estimate of drug-likeness (QED) is 0.825. The molecule has 4 nitrogen and oxygen atoms in total. The van der Waals surface area contributed by atoms with Gasteiger partial charge in [0, 0.05) is 5.56 Å². The van der Waals surface area contributed by atoms with E-state index in [2.05, 4.69) is 5.32 Å². The van der Waals surface area contributed by atoms with Crippen molar-refractivity contribution in [3.63, 3.8) is 0 Å². The van der Waals surface area contributed by atoms with Crippen LogP contribution in [0.15, 0.2) is 48.5 Å². The van der Waals surface area contributed by atoms with Crippen LogP contribution in [0.3, 0.4) is 0 Å². The third-order valence-electron chi connectivity index (χ3n) is 4.00. The van der Waals surface area contributed by atoms with E-state index in [9.17, 15) is 9.59 Å². The Kier molecular flexibility index (Phi) is 6.13. The predicted molar refractivity (Wildman–Crippen MR) is 94.2 cm³/mol. The third-order valence-corrected chi connectivity index (χ3v) is 4.00. The van der Waals surface area contributed by atoms with Crippen molar-refractivity contribution in [1.29, 1.82) is 0 Å². The van der Waals surface area contributed by atoms with Crippen LogP contribution in [0.1, 0.15) is 45.2 Å². The number of esters is 1. The molecule has 2 aromatic carbocycles. The normalized spacial score (nSPS) is 11.6. The molecule has 0 aliphatic heterocycles. The van der Waals surface area contributed by atoms with Crippen LogP contribution in [-0.2, 0) is 4.74 Å². The second kappa shape index (κ2) is 8.29. The fourth-order valence-corrected chi connectivity index (χ4v) is 2.41. The highest BCUT2D eigenvalue weighted by Crippen LogP contribution is 2.10. The van der Waals surface area contributed by atoms with Crippen molar-refractivity contribution < 1.29 is 14.3 Å². The molecule has 24 heavy (non-hydrogen) atoms. The van der Waals surface area contributed by atoms with E-state index in [1.54, 1.807) is 18.2 Å². The van der Waals surface area contributed by atoms with Gasteiger partial charge in [-0.25, -0.2) is 4.79 Å². The summed E-state index contributed by atoms with van der Waals surface area (Å²) in [6, 6.07) is 14.5. The number of amides is 1. The maximum Gasteiger partial charge on any atom is 0.338 e. The van der Waals surface area contributed by atoms with E-state index >= 15 is 0 Å². The van der Waals surface area contributed by atoms with Crippen molar-refractivity contribution in [2.75, 3.05) is 6.61 Å². The zero-order valence-electron chi connectivity index (χ0n) is 14.3. The summed E-state index contributed by atoms with van der Waals surface area (Å²) >= 11 is 0. The van der Waals surface area contributed by atoms with Gasteiger partial charge in [-0.1, -0.05) is 43.3 Å². The van der Waals surface area contributed by atoms with Gasteiger partial charge in [0.2, 0.25) is 0 Å². The van der Waals surface area contributed by atoms with Gasteiger partial charge in [-0.2, -0.15) is 0 Å². The van der Waals surface area contributed by atoms with Crippen LogP contribution in [0, 0.1) is 13.8 Å². The molecular formula is C20H23NO3. The lowest BCUT2D eigenvalue weighted by atomic mass is 10.1. The van der Waals surface area contributed by atoms with Gasteiger partial charge in [0.1, 0.15) is 6.61 Å². The molecular weight excluding hydrogens is 302 g/mol. The van der Waals surface area contributed by atoms with Crippen LogP contribution < -0.4 is 5.32 Å². The van der Waals surface area contributed by atoms with Gasteiger partial charge in [0.05, 0.1) is 11.6 Å². The van der Waals surface area contributed by atoms with E-state index in [-0.39, 0.29) is 24.5 Å². The maximum atomic E-state index is 12.4. The van der Waals surface area contributed by atoms with E-state index in [0.29, 0.717) is 17.5 Å². The number of aryl methyl sites for hydroxylation is 2. The summed E-state index contributed by atoms with van der Waals surface area (Å²) in [6.45, 7) is 5.87. The van der Waals surface area contributed by atoms with Crippen LogP contribution in [0.4, 0.5) is 0 Å². The molecule has 0 saturated heterocycles. The predicted octanol–water partition coefficient (Wildman–Crippen LogP) is 3.67. The molecule has 1 atom stereocenters. The highest BCUT2D eigenvalue weighted by molar-refractivity contribution is 5.95. The average Bonchev–Trinajstić information content (AvgIpc) is 2.58. The van der Waals surface area contributed by atoms with Crippen LogP contribution in [0.5, 0.6) is 0 Å². The standard InChI is InChI=1S/C20H23NO3/c1-4-16(21-19(22)17-11-7-5-9-14(17)2)13-24-20(23)18-12-8-6-10-15(18)3/h5-12,16H,4,13H2,1-3H3,(H,21,22)/t16-/m1/s1. The first kappa shape index (κ1) is 17.7. The summed E-state index contributed by atoms with van der Waals surface area (Å²) in [5, 5.41) is 2.93. The molecule has 0 aromatic heterocycles.